The van der Waals surface area contributed by atoms with Gasteiger partial charge in [-0.05, 0) is 86.6 Å². The number of hydrogen-bond donors (Lipinski definition) is 4. The molecule has 3 fully saturated rings. The lowest BCUT2D eigenvalue weighted by Crippen LogP contribution is -2.46. The Kier molecular flexibility index (Phi) is 12.4. The van der Waals surface area contributed by atoms with E-state index in [1.807, 2.05) is 18.5 Å². The summed E-state index contributed by atoms with van der Waals surface area (Å²) in [4.78, 5) is 33.6. The van der Waals surface area contributed by atoms with Gasteiger partial charge in [-0.3, -0.25) is 9.80 Å². The average molecular weight is 872 g/mol. The molecule has 6 heterocycles. The highest BCUT2D eigenvalue weighted by Gasteiger charge is 2.42. The van der Waals surface area contributed by atoms with Gasteiger partial charge in [0.15, 0.2) is 6.23 Å². The van der Waals surface area contributed by atoms with Gasteiger partial charge >= 0.3 is 6.09 Å². The zero-order chi connectivity index (χ0) is 43.4. The van der Waals surface area contributed by atoms with Crippen LogP contribution in [0.25, 0.3) is 33.3 Å². The molecule has 7 atom stereocenters. The third kappa shape index (κ3) is 8.00. The standard InChI is InChI=1S/C48H64ClFN8O4/c1-26(2)28(5)46(59)57-19-11-15-39(57)45-52-23-34(53-45)30-16-17-37-32(20-30)42(49)43-41-33(50)21-31(22-40(41)62-47(58(37)43)29-12-8-7-9-13-29)35-24-51-44(54-35)38-14-10-18-56(38)25-36(27(3)4)55-48(60)61-6/h16-17,20,22-24,26-29,33,36,38-39,46-47,59H,7-15,18-19,21,25H2,1-6H3,(H,51,54)(H,52,53)(H,55,60). The number of nitrogens with zero attached hydrogens (tertiary/aromatic N) is 5. The average Bonchev–Trinajstić information content (AvgIpc) is 4.13. The first-order valence-electron chi connectivity index (χ1n) is 23.1. The lowest BCUT2D eigenvalue weighted by atomic mass is 9.86. The van der Waals surface area contributed by atoms with Crippen molar-refractivity contribution in [2.24, 2.45) is 23.7 Å². The van der Waals surface area contributed by atoms with Gasteiger partial charge in [-0.2, -0.15) is 0 Å². The summed E-state index contributed by atoms with van der Waals surface area (Å²) in [6.07, 6.45) is 12.7. The number of allylic oxidation sites excluding steroid dienone is 3. The fourth-order valence-corrected chi connectivity index (χ4v) is 11.1. The van der Waals surface area contributed by atoms with Crippen LogP contribution in [0.2, 0.25) is 5.02 Å². The van der Waals surface area contributed by atoms with Crippen LogP contribution in [0.4, 0.5) is 9.18 Å². The number of carbonyl (C=O) groups excluding carboxylic acids is 1. The van der Waals surface area contributed by atoms with Crippen LogP contribution >= 0.6 is 11.6 Å². The summed E-state index contributed by atoms with van der Waals surface area (Å²) in [6.45, 7) is 13.0. The quantitative estimate of drug-likeness (QED) is 0.111. The topological polar surface area (TPSA) is 137 Å². The molecule has 3 aliphatic heterocycles. The van der Waals surface area contributed by atoms with Gasteiger partial charge in [0.05, 0.1) is 64.8 Å². The summed E-state index contributed by atoms with van der Waals surface area (Å²) < 4.78 is 31.1. The summed E-state index contributed by atoms with van der Waals surface area (Å²) >= 11 is 7.47. The van der Waals surface area contributed by atoms with Crippen molar-refractivity contribution in [3.05, 3.63) is 70.5 Å². The van der Waals surface area contributed by atoms with Gasteiger partial charge < -0.3 is 34.4 Å². The number of likely N-dealkylation sites (tertiary alicyclic amines) is 2. The number of carbonyl (C=O) groups is 1. The highest BCUT2D eigenvalue weighted by Crippen LogP contribution is 2.52. The summed E-state index contributed by atoms with van der Waals surface area (Å²) in [6, 6.07) is 6.30. The lowest BCUT2D eigenvalue weighted by molar-refractivity contribution is -0.0570. The minimum atomic E-state index is -1.35. The van der Waals surface area contributed by atoms with Crippen molar-refractivity contribution in [1.29, 1.82) is 0 Å². The Morgan fingerprint density at radius 1 is 0.968 bits per heavy atom. The molecule has 4 N–H and O–H groups in total. The number of H-pyrrole nitrogens is 2. The molecular weight excluding hydrogens is 807 g/mol. The second-order valence-electron chi connectivity index (χ2n) is 19.2. The predicted octanol–water partition coefficient (Wildman–Crippen LogP) is 10.3. The number of rotatable bonds is 12. The third-order valence-corrected chi connectivity index (χ3v) is 15.1. The van der Waals surface area contributed by atoms with Crippen molar-refractivity contribution in [1.82, 2.24) is 39.6 Å². The van der Waals surface area contributed by atoms with Crippen LogP contribution in [0, 0.1) is 23.7 Å². The molecule has 1 saturated carbocycles. The van der Waals surface area contributed by atoms with Crippen molar-refractivity contribution in [2.45, 2.75) is 136 Å². The number of methoxy groups -OCH3 is 1. The number of imidazole rings is 2. The molecule has 1 aromatic carbocycles. The maximum absolute atomic E-state index is 17.0. The van der Waals surface area contributed by atoms with Crippen LogP contribution in [0.5, 0.6) is 0 Å². The molecule has 1 amide bonds. The normalized spacial score (nSPS) is 25.2. The molecule has 0 spiro atoms. The van der Waals surface area contributed by atoms with Gasteiger partial charge in [-0.1, -0.05) is 71.5 Å². The van der Waals surface area contributed by atoms with Gasteiger partial charge in [-0.15, -0.1) is 0 Å². The zero-order valence-electron chi connectivity index (χ0n) is 37.1. The third-order valence-electron chi connectivity index (χ3n) is 14.8. The van der Waals surface area contributed by atoms with Crippen molar-refractivity contribution in [3.63, 3.8) is 0 Å². The molecule has 5 aliphatic rings. The van der Waals surface area contributed by atoms with E-state index in [1.54, 1.807) is 0 Å². The number of aliphatic hydroxyl groups excluding tert-OH is 1. The number of halogens is 2. The number of nitrogens with one attached hydrogen (secondary N) is 3. The monoisotopic (exact) mass is 870 g/mol. The number of aliphatic hydroxyl groups is 1. The minimum Gasteiger partial charge on any atom is -0.469 e. The van der Waals surface area contributed by atoms with Crippen molar-refractivity contribution >= 4 is 39.7 Å². The molecule has 62 heavy (non-hydrogen) atoms. The molecule has 14 heteroatoms. The highest BCUT2D eigenvalue weighted by atomic mass is 35.5. The van der Waals surface area contributed by atoms with E-state index in [1.165, 1.54) is 13.5 Å². The van der Waals surface area contributed by atoms with Gasteiger partial charge in [0, 0.05) is 42.4 Å². The molecule has 3 aromatic heterocycles. The maximum atomic E-state index is 17.0. The largest absolute Gasteiger partial charge is 0.469 e. The molecule has 0 bridgehead atoms. The van der Waals surface area contributed by atoms with Crippen LogP contribution in [0.15, 0.2) is 42.4 Å². The molecular formula is C48H64ClFN8O4. The number of hydrogen-bond acceptors (Lipinski definition) is 8. The molecule has 2 saturated heterocycles. The number of amides is 1. The second-order valence-corrected chi connectivity index (χ2v) is 19.6. The number of alkyl carbamates (subject to hydrolysis) is 1. The number of aromatic amines is 2. The number of ether oxygens (including phenoxy) is 2. The Balaban J connectivity index is 1.03. The van der Waals surface area contributed by atoms with Crippen LogP contribution in [0.3, 0.4) is 0 Å². The Morgan fingerprint density at radius 3 is 2.42 bits per heavy atom. The van der Waals surface area contributed by atoms with Crippen LogP contribution in [0.1, 0.15) is 140 Å². The van der Waals surface area contributed by atoms with Crippen molar-refractivity contribution < 1.29 is 23.8 Å². The van der Waals surface area contributed by atoms with E-state index in [0.717, 1.165) is 110 Å². The predicted molar refractivity (Wildman–Crippen MR) is 241 cm³/mol. The highest BCUT2D eigenvalue weighted by molar-refractivity contribution is 6.37. The number of benzene rings is 1. The van der Waals surface area contributed by atoms with E-state index >= 15 is 4.39 Å². The van der Waals surface area contributed by atoms with Crippen LogP contribution in [-0.4, -0.2) is 90.7 Å². The summed E-state index contributed by atoms with van der Waals surface area (Å²) in [7, 11) is 1.39. The van der Waals surface area contributed by atoms with E-state index in [-0.39, 0.29) is 48.5 Å². The lowest BCUT2D eigenvalue weighted by Gasteiger charge is -2.39. The number of alkyl halides is 1. The summed E-state index contributed by atoms with van der Waals surface area (Å²) in [5.41, 5.74) is 5.59. The molecule has 7 unspecified atom stereocenters. The first-order chi connectivity index (χ1) is 29.9. The molecule has 12 nitrogen and oxygen atoms in total. The van der Waals surface area contributed by atoms with E-state index in [2.05, 4.69) is 82.5 Å². The number of fused-ring (bicyclic) bond motifs is 4. The van der Waals surface area contributed by atoms with E-state index in [4.69, 9.17) is 31.0 Å². The summed E-state index contributed by atoms with van der Waals surface area (Å²) in [5, 5.41) is 15.7. The Bertz CT molecular complexity index is 2320. The smallest absolute Gasteiger partial charge is 0.407 e. The first-order valence-corrected chi connectivity index (χ1v) is 23.5. The van der Waals surface area contributed by atoms with Crippen molar-refractivity contribution in [3.8, 4) is 11.3 Å². The summed E-state index contributed by atoms with van der Waals surface area (Å²) in [5.74, 6) is 3.24. The fraction of sp³-hybridized carbons (Fsp3) is 0.604. The molecule has 9 rings (SSSR count). The molecule has 334 valence electrons. The minimum absolute atomic E-state index is 0.0172. The molecule has 0 radical (unpaired) electrons. The molecule has 4 aromatic rings. The number of aromatic nitrogens is 5. The van der Waals surface area contributed by atoms with E-state index in [9.17, 15) is 9.90 Å². The SMILES string of the molecule is COC(=O)NC(CN1CCCC1c1ncc(C2=CC3=C(c4c(Cl)c5cc(-c6cnc(C7CCCN7C(O)C(C)C(C)C)[nH]6)ccc5n4C(C4CCCCC4)O3)C(F)C2)[nH]1)C(C)C. The zero-order valence-corrected chi connectivity index (χ0v) is 37.8. The second kappa shape index (κ2) is 17.8. The molecule has 2 aliphatic carbocycles. The Hall–Kier alpha value is -4.17. The fourth-order valence-electron chi connectivity index (χ4n) is 10.8. The van der Waals surface area contributed by atoms with Gasteiger partial charge in [0.2, 0.25) is 0 Å². The van der Waals surface area contributed by atoms with E-state index in [0.29, 0.717) is 34.5 Å². The Labute approximate surface area is 369 Å². The van der Waals surface area contributed by atoms with Crippen LogP contribution in [-0.2, 0) is 9.47 Å². The first kappa shape index (κ1) is 43.1. The van der Waals surface area contributed by atoms with Crippen LogP contribution < -0.4 is 5.32 Å². The van der Waals surface area contributed by atoms with Gasteiger partial charge in [0.25, 0.3) is 0 Å². The van der Waals surface area contributed by atoms with Gasteiger partial charge in [0.1, 0.15) is 29.8 Å². The van der Waals surface area contributed by atoms with Gasteiger partial charge in [-0.25, -0.2) is 19.2 Å². The van der Waals surface area contributed by atoms with E-state index < -0.39 is 18.5 Å². The van der Waals surface area contributed by atoms with Crippen molar-refractivity contribution in [2.75, 3.05) is 26.7 Å². The maximum Gasteiger partial charge on any atom is 0.407 e. The Morgan fingerprint density at radius 2 is 1.68 bits per heavy atom.